The van der Waals surface area contributed by atoms with E-state index in [2.05, 4.69) is 9.72 Å². The molecule has 0 amide bonds. The van der Waals surface area contributed by atoms with Crippen LogP contribution in [0.3, 0.4) is 0 Å². The standard InChI is InChI=1S/C9H5F5N2O/c1-17-7-4(8(10)11)3-16-5(2-15)6(7)9(12,13)14/h3,8H,1H3. The first-order valence-electron chi connectivity index (χ1n) is 4.15. The summed E-state index contributed by atoms with van der Waals surface area (Å²) in [6.07, 6.45) is -7.67. The van der Waals surface area contributed by atoms with E-state index in [1.807, 2.05) is 0 Å². The summed E-state index contributed by atoms with van der Waals surface area (Å²) in [7, 11) is 0.817. The van der Waals surface area contributed by atoms with Gasteiger partial charge in [-0.25, -0.2) is 13.8 Å². The van der Waals surface area contributed by atoms with E-state index >= 15 is 0 Å². The average molecular weight is 252 g/mol. The topological polar surface area (TPSA) is 45.9 Å². The fraction of sp³-hybridized carbons (Fsp3) is 0.333. The van der Waals surface area contributed by atoms with E-state index in [0.717, 1.165) is 7.11 Å². The van der Waals surface area contributed by atoms with E-state index in [4.69, 9.17) is 5.26 Å². The van der Waals surface area contributed by atoms with Crippen molar-refractivity contribution in [2.75, 3.05) is 7.11 Å². The molecule has 0 aliphatic carbocycles. The summed E-state index contributed by atoms with van der Waals surface area (Å²) in [6, 6.07) is 1.19. The highest BCUT2D eigenvalue weighted by Crippen LogP contribution is 2.42. The van der Waals surface area contributed by atoms with E-state index in [9.17, 15) is 22.0 Å². The van der Waals surface area contributed by atoms with Gasteiger partial charge in [0, 0.05) is 6.20 Å². The SMILES string of the molecule is COc1c(C(F)F)cnc(C#N)c1C(F)(F)F. The Hall–Kier alpha value is -1.91. The smallest absolute Gasteiger partial charge is 0.422 e. The van der Waals surface area contributed by atoms with Gasteiger partial charge in [0.25, 0.3) is 6.43 Å². The zero-order valence-corrected chi connectivity index (χ0v) is 8.35. The molecule has 0 saturated heterocycles. The van der Waals surface area contributed by atoms with Gasteiger partial charge < -0.3 is 4.74 Å². The Morgan fingerprint density at radius 2 is 2.00 bits per heavy atom. The molecule has 1 heterocycles. The number of nitriles is 1. The summed E-state index contributed by atoms with van der Waals surface area (Å²) in [5, 5.41) is 8.48. The van der Waals surface area contributed by atoms with Gasteiger partial charge in [0.2, 0.25) is 0 Å². The van der Waals surface area contributed by atoms with Crippen LogP contribution in [-0.4, -0.2) is 12.1 Å². The average Bonchev–Trinajstić information content (AvgIpc) is 2.25. The first-order chi connectivity index (χ1) is 7.82. The van der Waals surface area contributed by atoms with Crippen LogP contribution in [0.5, 0.6) is 5.75 Å². The van der Waals surface area contributed by atoms with Crippen molar-refractivity contribution in [3.63, 3.8) is 0 Å². The summed E-state index contributed by atoms with van der Waals surface area (Å²) in [6.45, 7) is 0. The number of pyridine rings is 1. The molecule has 0 saturated carbocycles. The molecular weight excluding hydrogens is 247 g/mol. The van der Waals surface area contributed by atoms with E-state index in [-0.39, 0.29) is 0 Å². The fourth-order valence-electron chi connectivity index (χ4n) is 1.23. The molecule has 3 nitrogen and oxygen atoms in total. The van der Waals surface area contributed by atoms with Crippen molar-refractivity contribution < 1.29 is 26.7 Å². The molecular formula is C9H5F5N2O. The van der Waals surface area contributed by atoms with Gasteiger partial charge >= 0.3 is 6.18 Å². The van der Waals surface area contributed by atoms with Crippen molar-refractivity contribution in [3.05, 3.63) is 23.0 Å². The number of methoxy groups -OCH3 is 1. The molecule has 0 aliphatic rings. The Balaban J connectivity index is 3.63. The molecule has 0 bridgehead atoms. The van der Waals surface area contributed by atoms with Crippen LogP contribution in [0.25, 0.3) is 0 Å². The normalized spacial score (nSPS) is 11.4. The highest BCUT2D eigenvalue weighted by atomic mass is 19.4. The molecule has 1 rings (SSSR count). The van der Waals surface area contributed by atoms with Gasteiger partial charge in [-0.15, -0.1) is 0 Å². The lowest BCUT2D eigenvalue weighted by Crippen LogP contribution is -2.13. The third-order valence-electron chi connectivity index (χ3n) is 1.89. The van der Waals surface area contributed by atoms with Gasteiger partial charge in [-0.3, -0.25) is 0 Å². The first kappa shape index (κ1) is 13.2. The third-order valence-corrected chi connectivity index (χ3v) is 1.89. The van der Waals surface area contributed by atoms with Crippen molar-refractivity contribution in [2.45, 2.75) is 12.6 Å². The summed E-state index contributed by atoms with van der Waals surface area (Å²) < 4.78 is 67.0. The van der Waals surface area contributed by atoms with Crippen LogP contribution < -0.4 is 4.74 Å². The highest BCUT2D eigenvalue weighted by Gasteiger charge is 2.40. The number of hydrogen-bond acceptors (Lipinski definition) is 3. The summed E-state index contributed by atoms with van der Waals surface area (Å²) >= 11 is 0. The maximum atomic E-state index is 12.6. The van der Waals surface area contributed by atoms with Gasteiger partial charge in [-0.2, -0.15) is 18.4 Å². The minimum atomic E-state index is -4.99. The molecule has 92 valence electrons. The minimum absolute atomic E-state index is 0.497. The Labute approximate surface area is 92.4 Å². The molecule has 1 aromatic rings. The van der Waals surface area contributed by atoms with Gasteiger partial charge in [0.05, 0.1) is 12.7 Å². The monoisotopic (exact) mass is 252 g/mol. The predicted molar refractivity (Wildman–Crippen MR) is 45.5 cm³/mol. The third kappa shape index (κ3) is 2.43. The fourth-order valence-corrected chi connectivity index (χ4v) is 1.23. The largest absolute Gasteiger partial charge is 0.495 e. The van der Waals surface area contributed by atoms with Crippen LogP contribution in [0, 0.1) is 11.3 Å². The number of alkyl halides is 5. The van der Waals surface area contributed by atoms with Crippen molar-refractivity contribution in [3.8, 4) is 11.8 Å². The minimum Gasteiger partial charge on any atom is -0.495 e. The molecule has 8 heteroatoms. The second-order valence-electron chi connectivity index (χ2n) is 2.88. The number of halogens is 5. The van der Waals surface area contributed by atoms with Gasteiger partial charge in [0.15, 0.2) is 5.69 Å². The lowest BCUT2D eigenvalue weighted by Gasteiger charge is -2.15. The number of aromatic nitrogens is 1. The number of hydrogen-bond donors (Lipinski definition) is 0. The molecule has 17 heavy (non-hydrogen) atoms. The molecule has 0 atom stereocenters. The quantitative estimate of drug-likeness (QED) is 0.760. The van der Waals surface area contributed by atoms with E-state index < -0.39 is 35.2 Å². The maximum Gasteiger partial charge on any atom is 0.422 e. The maximum absolute atomic E-state index is 12.6. The number of nitrogens with zero attached hydrogens (tertiary/aromatic N) is 2. The van der Waals surface area contributed by atoms with Gasteiger partial charge in [-0.05, 0) is 0 Å². The van der Waals surface area contributed by atoms with Crippen molar-refractivity contribution in [1.82, 2.24) is 4.98 Å². The van der Waals surface area contributed by atoms with Gasteiger partial charge in [-0.1, -0.05) is 0 Å². The lowest BCUT2D eigenvalue weighted by atomic mass is 10.1. The zero-order valence-electron chi connectivity index (χ0n) is 8.35. The van der Waals surface area contributed by atoms with Crippen LogP contribution in [0.4, 0.5) is 22.0 Å². The molecule has 0 unspecified atom stereocenters. The second kappa shape index (κ2) is 4.53. The Morgan fingerprint density at radius 1 is 1.41 bits per heavy atom. The Morgan fingerprint density at radius 3 is 2.35 bits per heavy atom. The number of ether oxygens (including phenoxy) is 1. The van der Waals surface area contributed by atoms with Crippen molar-refractivity contribution in [2.24, 2.45) is 0 Å². The molecule has 0 spiro atoms. The van der Waals surface area contributed by atoms with Crippen LogP contribution in [0.2, 0.25) is 0 Å². The van der Waals surface area contributed by atoms with E-state index in [0.29, 0.717) is 6.20 Å². The molecule has 0 radical (unpaired) electrons. The first-order valence-corrected chi connectivity index (χ1v) is 4.15. The molecule has 0 N–H and O–H groups in total. The van der Waals surface area contributed by atoms with Crippen LogP contribution in [0.15, 0.2) is 6.20 Å². The van der Waals surface area contributed by atoms with E-state index in [1.54, 1.807) is 0 Å². The van der Waals surface area contributed by atoms with Crippen LogP contribution in [-0.2, 0) is 6.18 Å². The molecule has 0 fully saturated rings. The number of rotatable bonds is 2. The predicted octanol–water partition coefficient (Wildman–Crippen LogP) is 2.92. The zero-order chi connectivity index (χ0) is 13.2. The van der Waals surface area contributed by atoms with Crippen LogP contribution >= 0.6 is 0 Å². The van der Waals surface area contributed by atoms with Crippen LogP contribution in [0.1, 0.15) is 23.2 Å². The van der Waals surface area contributed by atoms with Gasteiger partial charge in [0.1, 0.15) is 17.4 Å². The highest BCUT2D eigenvalue weighted by molar-refractivity contribution is 5.49. The Bertz CT molecular complexity index is 464. The molecule has 1 aromatic heterocycles. The van der Waals surface area contributed by atoms with Crippen molar-refractivity contribution in [1.29, 1.82) is 5.26 Å². The summed E-state index contributed by atoms with van der Waals surface area (Å²) in [4.78, 5) is 3.05. The van der Waals surface area contributed by atoms with Crippen molar-refractivity contribution >= 4 is 0 Å². The second-order valence-corrected chi connectivity index (χ2v) is 2.88. The van der Waals surface area contributed by atoms with E-state index in [1.165, 1.54) is 6.07 Å². The Kier molecular flexibility index (Phi) is 3.50. The summed E-state index contributed by atoms with van der Waals surface area (Å²) in [5.41, 5.74) is -3.59. The molecule has 0 aliphatic heterocycles. The molecule has 0 aromatic carbocycles. The lowest BCUT2D eigenvalue weighted by molar-refractivity contribution is -0.139. The summed E-state index contributed by atoms with van der Waals surface area (Å²) in [5.74, 6) is -1.07.